The fourth-order valence-corrected chi connectivity index (χ4v) is 2.63. The second-order valence-corrected chi connectivity index (χ2v) is 6.08. The summed E-state index contributed by atoms with van der Waals surface area (Å²) in [5.74, 6) is 1.49. The zero-order valence-corrected chi connectivity index (χ0v) is 12.7. The fraction of sp³-hybridized carbons (Fsp3) is 0.500. The highest BCUT2D eigenvalue weighted by atomic mass is 32.2. The van der Waals surface area contributed by atoms with Gasteiger partial charge in [0.1, 0.15) is 5.76 Å². The van der Waals surface area contributed by atoms with Gasteiger partial charge in [-0.05, 0) is 25.6 Å². The number of aryl methyl sites for hydroxylation is 1. The molecule has 0 aliphatic heterocycles. The van der Waals surface area contributed by atoms with Gasteiger partial charge in [-0.25, -0.2) is 13.1 Å². The quantitative estimate of drug-likeness (QED) is 0.734. The largest absolute Gasteiger partial charge is 0.447 e. The first kappa shape index (κ1) is 15.7. The highest BCUT2D eigenvalue weighted by Crippen LogP contribution is 2.13. The maximum Gasteiger partial charge on any atom is 0.273 e. The van der Waals surface area contributed by atoms with Crippen LogP contribution in [0.3, 0.4) is 0 Å². The van der Waals surface area contributed by atoms with Crippen molar-refractivity contribution < 1.29 is 17.4 Å². The van der Waals surface area contributed by atoms with Crippen LogP contribution < -0.4 is 10.0 Å². The second-order valence-electron chi connectivity index (χ2n) is 4.38. The zero-order chi connectivity index (χ0) is 15.3. The fourth-order valence-electron chi connectivity index (χ4n) is 1.65. The van der Waals surface area contributed by atoms with E-state index in [2.05, 4.69) is 20.2 Å². The molecule has 2 rings (SSSR count). The van der Waals surface area contributed by atoms with Crippen LogP contribution in [0.1, 0.15) is 24.4 Å². The first-order valence-electron chi connectivity index (χ1n) is 6.59. The van der Waals surface area contributed by atoms with Crippen molar-refractivity contribution in [2.75, 3.05) is 13.1 Å². The van der Waals surface area contributed by atoms with Gasteiger partial charge in [-0.15, -0.1) is 0 Å². The second kappa shape index (κ2) is 6.83. The Bertz CT molecular complexity index is 677. The van der Waals surface area contributed by atoms with Crippen molar-refractivity contribution in [3.63, 3.8) is 0 Å². The Morgan fingerprint density at radius 2 is 2.14 bits per heavy atom. The van der Waals surface area contributed by atoms with Crippen molar-refractivity contribution in [3.05, 3.63) is 29.6 Å². The van der Waals surface area contributed by atoms with Crippen LogP contribution in [-0.4, -0.2) is 31.6 Å². The summed E-state index contributed by atoms with van der Waals surface area (Å²) < 4.78 is 36.7. The van der Waals surface area contributed by atoms with Gasteiger partial charge in [0.2, 0.25) is 11.0 Å². The summed E-state index contributed by atoms with van der Waals surface area (Å²) >= 11 is 0. The summed E-state index contributed by atoms with van der Waals surface area (Å²) in [6.45, 7) is 5.10. The Hall–Kier alpha value is -1.71. The van der Waals surface area contributed by atoms with Crippen LogP contribution in [0, 0.1) is 6.92 Å². The van der Waals surface area contributed by atoms with Crippen molar-refractivity contribution >= 4 is 10.0 Å². The van der Waals surface area contributed by atoms with E-state index in [1.807, 2.05) is 6.92 Å². The molecule has 0 atom stereocenters. The number of nitrogens with one attached hydrogen (secondary N) is 2. The van der Waals surface area contributed by atoms with Gasteiger partial charge in [0.15, 0.2) is 5.82 Å². The van der Waals surface area contributed by atoms with E-state index in [9.17, 15) is 8.42 Å². The van der Waals surface area contributed by atoms with E-state index in [1.54, 1.807) is 13.0 Å². The minimum atomic E-state index is -3.66. The highest BCUT2D eigenvalue weighted by Gasteiger charge is 2.18. The number of furan rings is 1. The van der Waals surface area contributed by atoms with Crippen molar-refractivity contribution in [3.8, 4) is 0 Å². The molecule has 0 bridgehead atoms. The van der Waals surface area contributed by atoms with Gasteiger partial charge < -0.3 is 14.3 Å². The lowest BCUT2D eigenvalue weighted by Crippen LogP contribution is -2.25. The average Bonchev–Trinajstić information content (AvgIpc) is 3.06. The van der Waals surface area contributed by atoms with Crippen LogP contribution in [0.2, 0.25) is 0 Å². The molecule has 2 N–H and O–H groups in total. The Balaban J connectivity index is 1.90. The minimum absolute atomic E-state index is 0.0999. The maximum atomic E-state index is 12.0. The number of nitrogens with zero attached hydrogens (tertiary/aromatic N) is 2. The van der Waals surface area contributed by atoms with Crippen LogP contribution in [-0.2, 0) is 23.0 Å². The Kier molecular flexibility index (Phi) is 5.10. The molecule has 0 amide bonds. The first-order valence-corrected chi connectivity index (χ1v) is 8.08. The van der Waals surface area contributed by atoms with E-state index in [0.717, 1.165) is 6.54 Å². The van der Waals surface area contributed by atoms with E-state index < -0.39 is 10.0 Å². The van der Waals surface area contributed by atoms with E-state index in [1.165, 1.54) is 6.07 Å². The van der Waals surface area contributed by atoms with Crippen LogP contribution in [0.4, 0.5) is 0 Å². The molecule has 0 spiro atoms. The van der Waals surface area contributed by atoms with Gasteiger partial charge in [0.05, 0.1) is 6.54 Å². The summed E-state index contributed by atoms with van der Waals surface area (Å²) in [5, 5.41) is 6.59. The Morgan fingerprint density at radius 1 is 1.33 bits per heavy atom. The van der Waals surface area contributed by atoms with Crippen LogP contribution in [0.5, 0.6) is 0 Å². The number of aromatic nitrogens is 2. The van der Waals surface area contributed by atoms with E-state index in [4.69, 9.17) is 8.94 Å². The Labute approximate surface area is 123 Å². The molecule has 2 aromatic rings. The van der Waals surface area contributed by atoms with Gasteiger partial charge >= 0.3 is 0 Å². The molecule has 0 aliphatic carbocycles. The smallest absolute Gasteiger partial charge is 0.273 e. The third-order valence-corrected chi connectivity index (χ3v) is 3.98. The van der Waals surface area contributed by atoms with Crippen LogP contribution in [0.15, 0.2) is 26.2 Å². The predicted molar refractivity (Wildman–Crippen MR) is 74.0 cm³/mol. The van der Waals surface area contributed by atoms with Crippen molar-refractivity contribution in [1.29, 1.82) is 0 Å². The summed E-state index contributed by atoms with van der Waals surface area (Å²) in [6, 6.07) is 3.07. The van der Waals surface area contributed by atoms with E-state index in [-0.39, 0.29) is 11.6 Å². The van der Waals surface area contributed by atoms with Crippen molar-refractivity contribution in [1.82, 2.24) is 20.2 Å². The van der Waals surface area contributed by atoms with E-state index >= 15 is 0 Å². The summed E-state index contributed by atoms with van der Waals surface area (Å²) in [7, 11) is -3.66. The lowest BCUT2D eigenvalue weighted by Gasteiger charge is -2.02. The topological polar surface area (TPSA) is 110 Å². The van der Waals surface area contributed by atoms with Gasteiger partial charge in [0.25, 0.3) is 10.0 Å². The molecule has 21 heavy (non-hydrogen) atoms. The van der Waals surface area contributed by atoms with Gasteiger partial charge in [0, 0.05) is 13.0 Å². The van der Waals surface area contributed by atoms with Crippen molar-refractivity contribution in [2.45, 2.75) is 31.9 Å². The van der Waals surface area contributed by atoms with Crippen LogP contribution in [0.25, 0.3) is 0 Å². The number of rotatable bonds is 8. The molecule has 2 aromatic heterocycles. The standard InChI is InChI=1S/C12H18N4O4S/c1-3-13-8-10-4-5-12(19-10)21(17,18)14-7-6-11-15-9(2)16-20-11/h4-5,13-14H,3,6-8H2,1-2H3. The third kappa shape index (κ3) is 4.38. The van der Waals surface area contributed by atoms with E-state index in [0.29, 0.717) is 30.4 Å². The maximum absolute atomic E-state index is 12.0. The molecule has 0 aliphatic rings. The lowest BCUT2D eigenvalue weighted by atomic mass is 10.4. The lowest BCUT2D eigenvalue weighted by molar-refractivity contribution is 0.374. The molecule has 116 valence electrons. The summed E-state index contributed by atoms with van der Waals surface area (Å²) in [6.07, 6.45) is 0.324. The molecule has 0 saturated heterocycles. The van der Waals surface area contributed by atoms with Crippen molar-refractivity contribution in [2.24, 2.45) is 0 Å². The van der Waals surface area contributed by atoms with Gasteiger partial charge in [-0.1, -0.05) is 12.1 Å². The molecule has 9 heteroatoms. The normalized spacial score (nSPS) is 11.9. The monoisotopic (exact) mass is 314 g/mol. The molecular formula is C12H18N4O4S. The SMILES string of the molecule is CCNCc1ccc(S(=O)(=O)NCCc2nc(C)no2)o1. The summed E-state index contributed by atoms with van der Waals surface area (Å²) in [4.78, 5) is 4.00. The third-order valence-electron chi connectivity index (χ3n) is 2.65. The summed E-state index contributed by atoms with van der Waals surface area (Å²) in [5.41, 5.74) is 0. The molecule has 0 saturated carbocycles. The first-order chi connectivity index (χ1) is 10.0. The molecule has 0 unspecified atom stereocenters. The van der Waals surface area contributed by atoms with Crippen LogP contribution >= 0.6 is 0 Å². The minimum Gasteiger partial charge on any atom is -0.447 e. The highest BCUT2D eigenvalue weighted by molar-refractivity contribution is 7.89. The van der Waals surface area contributed by atoms with Gasteiger partial charge in [-0.3, -0.25) is 0 Å². The van der Waals surface area contributed by atoms with Gasteiger partial charge in [-0.2, -0.15) is 4.98 Å². The molecule has 8 nitrogen and oxygen atoms in total. The molecule has 0 radical (unpaired) electrons. The predicted octanol–water partition coefficient (Wildman–Crippen LogP) is 0.602. The Morgan fingerprint density at radius 3 is 2.81 bits per heavy atom. The number of sulfonamides is 1. The average molecular weight is 314 g/mol. The zero-order valence-electron chi connectivity index (χ0n) is 11.9. The molecule has 0 fully saturated rings. The number of hydrogen-bond donors (Lipinski definition) is 2. The molecule has 0 aromatic carbocycles. The molecule has 2 heterocycles. The molecular weight excluding hydrogens is 296 g/mol. The number of hydrogen-bond acceptors (Lipinski definition) is 7.